The van der Waals surface area contributed by atoms with E-state index < -0.39 is 68.3 Å². The smallest absolute Gasteiger partial charge is 0.335 e. The van der Waals surface area contributed by atoms with Gasteiger partial charge in [0.25, 0.3) is 0 Å². The Kier molecular flexibility index (Phi) is 7.97. The van der Waals surface area contributed by atoms with Gasteiger partial charge >= 0.3 is 5.97 Å². The average Bonchev–Trinajstić information content (AvgIpc) is 3.32. The van der Waals surface area contributed by atoms with E-state index in [1.54, 1.807) is 13.0 Å². The summed E-state index contributed by atoms with van der Waals surface area (Å²) >= 11 is 0. The molecule has 0 aromatic rings. The lowest BCUT2D eigenvalue weighted by molar-refractivity contribution is -0.304. The van der Waals surface area contributed by atoms with Gasteiger partial charge in [0.15, 0.2) is 12.4 Å². The van der Waals surface area contributed by atoms with Gasteiger partial charge in [-0.05, 0) is 91.9 Å². The fourth-order valence-electron chi connectivity index (χ4n) is 7.59. The summed E-state index contributed by atoms with van der Waals surface area (Å²) in [4.78, 5) is 11.5. The van der Waals surface area contributed by atoms with E-state index in [2.05, 4.69) is 32.6 Å². The number of hydrogen-bond donors (Lipinski definition) is 4. The Labute approximate surface area is 254 Å². The van der Waals surface area contributed by atoms with Crippen LogP contribution in [0.5, 0.6) is 0 Å². The fourth-order valence-corrected chi connectivity index (χ4v) is 7.59. The zero-order chi connectivity index (χ0) is 35.1. The van der Waals surface area contributed by atoms with Crippen molar-refractivity contribution in [1.82, 2.24) is 0 Å². The lowest BCUT2D eigenvalue weighted by Gasteiger charge is -2.44. The number of carboxylic acid groups (broad SMARTS) is 1. The molecule has 0 bridgehead atoms. The molecule has 230 valence electrons. The molecule has 3 saturated carbocycles. The quantitative estimate of drug-likeness (QED) is 0.279. The molecule has 4 rings (SSSR count). The van der Waals surface area contributed by atoms with Crippen molar-refractivity contribution in [3.8, 4) is 0 Å². The lowest BCUT2D eigenvalue weighted by Crippen LogP contribution is -2.60. The highest BCUT2D eigenvalue weighted by molar-refractivity contribution is 5.73. The Hall–Kier alpha value is -1.77. The minimum Gasteiger partial charge on any atom is -0.479 e. The Morgan fingerprint density at radius 1 is 1.10 bits per heavy atom. The van der Waals surface area contributed by atoms with E-state index in [4.69, 9.17) is 17.7 Å². The average molecular weight is 579 g/mol. The van der Waals surface area contributed by atoms with Crippen molar-refractivity contribution >= 4 is 5.97 Å². The van der Waals surface area contributed by atoms with Crippen LogP contribution in [0.25, 0.3) is 0 Å². The first-order chi connectivity index (χ1) is 21.8. The van der Waals surface area contributed by atoms with Crippen LogP contribution in [0, 0.1) is 35.0 Å². The maximum atomic E-state index is 11.5. The third-order valence-electron chi connectivity index (χ3n) is 10.2. The van der Waals surface area contributed by atoms with E-state index in [0.717, 1.165) is 43.3 Å². The van der Waals surface area contributed by atoms with Gasteiger partial charge in [-0.25, -0.2) is 4.79 Å². The van der Waals surface area contributed by atoms with Crippen LogP contribution in [-0.2, 0) is 14.3 Å². The molecular formula is C34H52O7. The molecule has 0 aromatic carbocycles. The zero-order valence-corrected chi connectivity index (χ0v) is 24.5. The topological polar surface area (TPSA) is 116 Å². The first-order valence-electron chi connectivity index (χ1n) is 18.1. The summed E-state index contributed by atoms with van der Waals surface area (Å²) in [6.45, 7) is 5.28. The molecule has 7 heteroatoms. The molecule has 3 aliphatic carbocycles. The fraction of sp³-hybridized carbons (Fsp3) is 0.735. The molecular weight excluding hydrogens is 520 g/mol. The van der Waals surface area contributed by atoms with Crippen molar-refractivity contribution in [1.29, 1.82) is 0 Å². The molecule has 1 aliphatic heterocycles. The van der Waals surface area contributed by atoms with E-state index in [1.165, 1.54) is 5.57 Å². The maximum Gasteiger partial charge on any atom is 0.335 e. The predicted octanol–water partition coefficient (Wildman–Crippen LogP) is 5.56. The minimum atomic E-state index is -2.57. The van der Waals surface area contributed by atoms with Gasteiger partial charge in [-0.1, -0.05) is 76.5 Å². The van der Waals surface area contributed by atoms with E-state index in [1.807, 2.05) is 6.08 Å². The van der Waals surface area contributed by atoms with Crippen LogP contribution < -0.4 is 0 Å². The van der Waals surface area contributed by atoms with Crippen molar-refractivity contribution in [2.75, 3.05) is 0 Å². The lowest BCUT2D eigenvalue weighted by atomic mass is 9.61. The Balaban J connectivity index is 1.45. The number of hydrogen-bond acceptors (Lipinski definition) is 6. The van der Waals surface area contributed by atoms with Crippen molar-refractivity contribution in [2.24, 2.45) is 35.0 Å². The van der Waals surface area contributed by atoms with Gasteiger partial charge in [-0.2, -0.15) is 0 Å². The van der Waals surface area contributed by atoms with E-state index in [0.29, 0.717) is 31.1 Å². The van der Waals surface area contributed by atoms with Crippen LogP contribution >= 0.6 is 0 Å². The Morgan fingerprint density at radius 3 is 2.56 bits per heavy atom. The molecule has 41 heavy (non-hydrogen) atoms. The van der Waals surface area contributed by atoms with E-state index >= 15 is 0 Å². The summed E-state index contributed by atoms with van der Waals surface area (Å²) in [7, 11) is 0. The summed E-state index contributed by atoms with van der Waals surface area (Å²) in [6, 6.07) is 0. The molecule has 7 nitrogen and oxygen atoms in total. The minimum absolute atomic E-state index is 0.0544. The summed E-state index contributed by atoms with van der Waals surface area (Å²) in [6.07, 6.45) is 6.43. The van der Waals surface area contributed by atoms with Gasteiger partial charge in [0, 0.05) is 8.22 Å². The second-order valence-corrected chi connectivity index (χ2v) is 12.9. The summed E-state index contributed by atoms with van der Waals surface area (Å²) in [5, 5.41) is 39.9. The number of carbonyl (C=O) groups is 1. The molecule has 11 atom stereocenters. The Morgan fingerprint density at radius 2 is 1.85 bits per heavy atom. The van der Waals surface area contributed by atoms with Crippen LogP contribution in [-0.4, -0.2) is 63.2 Å². The molecule has 1 saturated heterocycles. The van der Waals surface area contributed by atoms with Crippen molar-refractivity contribution < 1.29 is 42.9 Å². The van der Waals surface area contributed by atoms with Gasteiger partial charge in [0.2, 0.25) is 0 Å². The SMILES string of the molecule is [2H]C([2H])([2H])C([C@@H](C)/C=C/[C@@H](C)[C@H]1CC[C@H]2/C(=C/C=C3/C[C@@H](O[C@@H]4O[C@H](C(=O)O)[C@@H](O)[C@H](O)[C@H]4O)CCC3=C)CCC[C@]12C)C([2H])([2H])[2H]. The second kappa shape index (κ2) is 13.3. The highest BCUT2D eigenvalue weighted by atomic mass is 16.7. The molecule has 4 aliphatic rings. The normalized spacial score (nSPS) is 44.5. The van der Waals surface area contributed by atoms with Gasteiger partial charge in [0.05, 0.1) is 6.10 Å². The molecule has 0 amide bonds. The third-order valence-corrected chi connectivity index (χ3v) is 10.2. The molecule has 4 N–H and O–H groups in total. The van der Waals surface area contributed by atoms with E-state index in [-0.39, 0.29) is 11.3 Å². The molecule has 4 fully saturated rings. The Bertz CT molecular complexity index is 1230. The van der Waals surface area contributed by atoms with Crippen LogP contribution in [0.4, 0.5) is 0 Å². The van der Waals surface area contributed by atoms with Crippen molar-refractivity contribution in [3.63, 3.8) is 0 Å². The van der Waals surface area contributed by atoms with Crippen LogP contribution in [0.2, 0.25) is 0 Å². The highest BCUT2D eigenvalue weighted by Crippen LogP contribution is 2.59. The number of fused-ring (bicyclic) bond motifs is 1. The molecule has 1 heterocycles. The predicted molar refractivity (Wildman–Crippen MR) is 159 cm³/mol. The number of aliphatic hydroxyl groups excluding tert-OH is 3. The molecule has 0 aromatic heterocycles. The first kappa shape index (κ1) is 24.6. The molecule has 0 unspecified atom stereocenters. The number of aliphatic hydroxyl groups is 3. The van der Waals surface area contributed by atoms with Crippen LogP contribution in [0.1, 0.15) is 94.1 Å². The summed E-state index contributed by atoms with van der Waals surface area (Å²) in [5.41, 5.74) is 3.42. The first-order valence-corrected chi connectivity index (χ1v) is 15.1. The standard InChI is InChI=1S/C34H52O7/c1-19(2)20(3)9-10-22(5)26-15-16-27-23(8-7-17-34(26,27)6)12-13-24-18-25(14-11-21(24)4)40-33-30(37)28(35)29(36)31(41-33)32(38)39/h9-10,12-13,19-20,22,25-31,33,35-37H,4,7-8,11,14-18H2,1-3,5-6H3,(H,38,39)/b10-9+,23-12+,24-13-/t20-,22+,25-,26+,27-,28-,29-,30+,31-,33+,34+/m0/s1/i1D3,2D3. The second-order valence-electron chi connectivity index (χ2n) is 12.9. The maximum absolute atomic E-state index is 11.5. The van der Waals surface area contributed by atoms with Gasteiger partial charge in [-0.3, -0.25) is 0 Å². The number of aliphatic carboxylic acids is 1. The monoisotopic (exact) mass is 578 g/mol. The number of rotatable bonds is 8. The summed E-state index contributed by atoms with van der Waals surface area (Å²) in [5.74, 6) is -2.56. The van der Waals surface area contributed by atoms with Gasteiger partial charge < -0.3 is 29.9 Å². The highest BCUT2D eigenvalue weighted by Gasteiger charge is 2.50. The number of carboxylic acids is 1. The number of allylic oxidation sites excluding steroid dienone is 6. The molecule has 0 radical (unpaired) electrons. The van der Waals surface area contributed by atoms with Crippen LogP contribution in [0.15, 0.2) is 47.6 Å². The van der Waals surface area contributed by atoms with Crippen LogP contribution in [0.3, 0.4) is 0 Å². The molecule has 0 spiro atoms. The van der Waals surface area contributed by atoms with E-state index in [9.17, 15) is 25.2 Å². The number of ether oxygens (including phenoxy) is 2. The largest absolute Gasteiger partial charge is 0.479 e. The van der Waals surface area contributed by atoms with Crippen molar-refractivity contribution in [3.05, 3.63) is 47.6 Å². The zero-order valence-electron chi connectivity index (χ0n) is 30.5. The van der Waals surface area contributed by atoms with Crippen molar-refractivity contribution in [2.45, 2.75) is 123 Å². The van der Waals surface area contributed by atoms with Gasteiger partial charge in [-0.15, -0.1) is 0 Å². The third kappa shape index (κ3) is 6.91. The van der Waals surface area contributed by atoms with Gasteiger partial charge in [0.1, 0.15) is 18.3 Å². The summed E-state index contributed by atoms with van der Waals surface area (Å²) < 4.78 is 58.1.